The number of benzene rings is 2. The Morgan fingerprint density at radius 3 is 1.70 bits per heavy atom. The Morgan fingerprint density at radius 1 is 0.727 bits per heavy atom. The highest BCUT2D eigenvalue weighted by Crippen LogP contribution is 2.40. The van der Waals surface area contributed by atoms with Gasteiger partial charge in [0.1, 0.15) is 5.75 Å². The highest BCUT2D eigenvalue weighted by atomic mass is 16.3. The van der Waals surface area contributed by atoms with Gasteiger partial charge in [0.2, 0.25) is 0 Å². The maximum atomic E-state index is 11.0. The highest BCUT2D eigenvalue weighted by molar-refractivity contribution is 5.52. The third-order valence-electron chi connectivity index (χ3n) is 6.68. The van der Waals surface area contributed by atoms with E-state index in [1.54, 1.807) is 0 Å². The van der Waals surface area contributed by atoms with Crippen LogP contribution in [0.5, 0.6) is 5.75 Å². The summed E-state index contributed by atoms with van der Waals surface area (Å²) in [5, 5.41) is 11.0. The molecule has 4 heteroatoms. The van der Waals surface area contributed by atoms with Gasteiger partial charge in [-0.3, -0.25) is 4.90 Å². The van der Waals surface area contributed by atoms with Gasteiger partial charge in [0.05, 0.1) is 0 Å². The third kappa shape index (κ3) is 5.27. The highest BCUT2D eigenvalue weighted by Gasteiger charge is 2.27. The molecule has 4 rings (SSSR count). The molecule has 0 atom stereocenters. The summed E-state index contributed by atoms with van der Waals surface area (Å²) in [4.78, 5) is 5.02. The van der Waals surface area contributed by atoms with Crippen molar-refractivity contribution in [2.45, 2.75) is 58.9 Å². The molecule has 3 aromatic rings. The van der Waals surface area contributed by atoms with E-state index in [4.69, 9.17) is 0 Å². The standard InChI is InChI=1S/C29H39N3O/c1-28(2,3)25-19-22(20-26(27(25)33)29(4,5)6)21-30-15-17-32(18-16-30)24-11-9-23(10-12-24)31-13-7-8-14-31/h7-14,19-20,33H,15-18,21H2,1-6H3. The van der Waals surface area contributed by atoms with Crippen LogP contribution < -0.4 is 4.90 Å². The van der Waals surface area contributed by atoms with E-state index in [2.05, 4.69) is 117 Å². The molecule has 0 unspecified atom stereocenters. The van der Waals surface area contributed by atoms with Crippen molar-refractivity contribution in [3.05, 3.63) is 77.6 Å². The molecule has 4 nitrogen and oxygen atoms in total. The number of nitrogens with zero attached hydrogens (tertiary/aromatic N) is 3. The molecule has 0 saturated carbocycles. The van der Waals surface area contributed by atoms with E-state index in [0.717, 1.165) is 43.9 Å². The Kier molecular flexibility index (Phi) is 6.32. The van der Waals surface area contributed by atoms with Gasteiger partial charge in [-0.2, -0.15) is 0 Å². The van der Waals surface area contributed by atoms with Gasteiger partial charge in [-0.1, -0.05) is 53.7 Å². The van der Waals surface area contributed by atoms with Crippen LogP contribution in [0.2, 0.25) is 0 Å². The summed E-state index contributed by atoms with van der Waals surface area (Å²) in [6.07, 6.45) is 4.15. The van der Waals surface area contributed by atoms with Gasteiger partial charge >= 0.3 is 0 Å². The first kappa shape index (κ1) is 23.4. The van der Waals surface area contributed by atoms with E-state index in [0.29, 0.717) is 5.75 Å². The fourth-order valence-electron chi connectivity index (χ4n) is 4.69. The topological polar surface area (TPSA) is 31.6 Å². The SMILES string of the molecule is CC(C)(C)c1cc(CN2CCN(c3ccc(-n4cccc4)cc3)CC2)cc(C(C)(C)C)c1O. The molecule has 2 aromatic carbocycles. The smallest absolute Gasteiger partial charge is 0.123 e. The van der Waals surface area contributed by atoms with E-state index in [1.807, 2.05) is 0 Å². The fourth-order valence-corrected chi connectivity index (χ4v) is 4.69. The van der Waals surface area contributed by atoms with Crippen molar-refractivity contribution in [2.75, 3.05) is 31.1 Å². The number of aromatic hydroxyl groups is 1. The molecule has 1 N–H and O–H groups in total. The summed E-state index contributed by atoms with van der Waals surface area (Å²) in [6, 6.07) is 17.4. The lowest BCUT2D eigenvalue weighted by atomic mass is 9.78. The van der Waals surface area contributed by atoms with Gasteiger partial charge in [-0.15, -0.1) is 0 Å². The van der Waals surface area contributed by atoms with Gasteiger partial charge < -0.3 is 14.6 Å². The molecule has 0 bridgehead atoms. The Hall–Kier alpha value is -2.72. The van der Waals surface area contributed by atoms with Gasteiger partial charge in [-0.25, -0.2) is 0 Å². The molecular weight excluding hydrogens is 406 g/mol. The van der Waals surface area contributed by atoms with Gasteiger partial charge in [0.15, 0.2) is 0 Å². The first-order valence-electron chi connectivity index (χ1n) is 12.1. The van der Waals surface area contributed by atoms with E-state index in [1.165, 1.54) is 16.9 Å². The maximum Gasteiger partial charge on any atom is 0.123 e. The van der Waals surface area contributed by atoms with E-state index in [9.17, 15) is 5.11 Å². The van der Waals surface area contributed by atoms with Crippen LogP contribution in [-0.2, 0) is 17.4 Å². The molecule has 1 fully saturated rings. The predicted octanol–water partition coefficient (Wildman–Crippen LogP) is 6.10. The predicted molar refractivity (Wildman–Crippen MR) is 139 cm³/mol. The number of hydrogen-bond donors (Lipinski definition) is 1. The fraction of sp³-hybridized carbons (Fsp3) is 0.448. The number of piperazine rings is 1. The van der Waals surface area contributed by atoms with Crippen LogP contribution in [0.1, 0.15) is 58.2 Å². The van der Waals surface area contributed by atoms with Crippen molar-refractivity contribution in [1.29, 1.82) is 0 Å². The monoisotopic (exact) mass is 445 g/mol. The molecule has 1 saturated heterocycles. The molecule has 1 aliphatic heterocycles. The van der Waals surface area contributed by atoms with Crippen molar-refractivity contribution < 1.29 is 5.11 Å². The van der Waals surface area contributed by atoms with Crippen LogP contribution >= 0.6 is 0 Å². The summed E-state index contributed by atoms with van der Waals surface area (Å²) in [5.41, 5.74) is 5.70. The second-order valence-corrected chi connectivity index (χ2v) is 11.4. The number of phenols is 1. The van der Waals surface area contributed by atoms with Crippen molar-refractivity contribution in [2.24, 2.45) is 0 Å². The number of anilines is 1. The number of hydrogen-bond acceptors (Lipinski definition) is 3. The van der Waals surface area contributed by atoms with Crippen molar-refractivity contribution in [3.63, 3.8) is 0 Å². The van der Waals surface area contributed by atoms with Crippen LogP contribution in [0.15, 0.2) is 60.9 Å². The molecule has 33 heavy (non-hydrogen) atoms. The van der Waals surface area contributed by atoms with Crippen molar-refractivity contribution in [3.8, 4) is 11.4 Å². The van der Waals surface area contributed by atoms with Gasteiger partial charge in [0, 0.05) is 56.5 Å². The maximum absolute atomic E-state index is 11.0. The third-order valence-corrected chi connectivity index (χ3v) is 6.68. The molecule has 0 aliphatic carbocycles. The minimum absolute atomic E-state index is 0.0917. The van der Waals surface area contributed by atoms with Crippen LogP contribution in [0.3, 0.4) is 0 Å². The molecule has 1 aliphatic rings. The molecule has 0 radical (unpaired) electrons. The summed E-state index contributed by atoms with van der Waals surface area (Å²) >= 11 is 0. The van der Waals surface area contributed by atoms with E-state index in [-0.39, 0.29) is 10.8 Å². The lowest BCUT2D eigenvalue weighted by Crippen LogP contribution is -2.46. The molecule has 0 amide bonds. The number of rotatable bonds is 4. The van der Waals surface area contributed by atoms with E-state index < -0.39 is 0 Å². The van der Waals surface area contributed by atoms with E-state index >= 15 is 0 Å². The van der Waals surface area contributed by atoms with Crippen LogP contribution in [0.4, 0.5) is 5.69 Å². The second-order valence-electron chi connectivity index (χ2n) is 11.4. The van der Waals surface area contributed by atoms with Crippen LogP contribution in [0, 0.1) is 0 Å². The Bertz CT molecular complexity index is 1030. The summed E-state index contributed by atoms with van der Waals surface area (Å²) in [5.74, 6) is 0.465. The minimum Gasteiger partial charge on any atom is -0.507 e. The average Bonchev–Trinajstić information content (AvgIpc) is 3.29. The summed E-state index contributed by atoms with van der Waals surface area (Å²) in [6.45, 7) is 18.1. The first-order chi connectivity index (χ1) is 15.5. The lowest BCUT2D eigenvalue weighted by molar-refractivity contribution is 0.249. The summed E-state index contributed by atoms with van der Waals surface area (Å²) in [7, 11) is 0. The number of phenolic OH excluding ortho intramolecular Hbond substituents is 1. The molecule has 0 spiro atoms. The second kappa shape index (κ2) is 8.90. The Labute approximate surface area is 199 Å². The summed E-state index contributed by atoms with van der Waals surface area (Å²) < 4.78 is 2.14. The number of aromatic nitrogens is 1. The Balaban J connectivity index is 1.44. The van der Waals surface area contributed by atoms with Gasteiger partial charge in [-0.05, 0) is 63.9 Å². The zero-order valence-corrected chi connectivity index (χ0v) is 21.1. The van der Waals surface area contributed by atoms with Crippen molar-refractivity contribution in [1.82, 2.24) is 9.47 Å². The Morgan fingerprint density at radius 2 is 1.21 bits per heavy atom. The minimum atomic E-state index is -0.0917. The van der Waals surface area contributed by atoms with Crippen LogP contribution in [-0.4, -0.2) is 40.8 Å². The molecule has 176 valence electrons. The lowest BCUT2D eigenvalue weighted by Gasteiger charge is -2.36. The normalized spacial score (nSPS) is 15.8. The largest absolute Gasteiger partial charge is 0.507 e. The van der Waals surface area contributed by atoms with Gasteiger partial charge in [0.25, 0.3) is 0 Å². The molecule has 2 heterocycles. The zero-order valence-electron chi connectivity index (χ0n) is 21.1. The quantitative estimate of drug-likeness (QED) is 0.526. The van der Waals surface area contributed by atoms with Crippen LogP contribution in [0.25, 0.3) is 5.69 Å². The average molecular weight is 446 g/mol. The first-order valence-corrected chi connectivity index (χ1v) is 12.1. The molecular formula is C29H39N3O. The van der Waals surface area contributed by atoms with Crippen molar-refractivity contribution >= 4 is 5.69 Å². The zero-order chi connectivity index (χ0) is 23.8. The molecule has 1 aromatic heterocycles.